The first-order valence-corrected chi connectivity index (χ1v) is 6.26. The second kappa shape index (κ2) is 6.69. The average molecular weight is 293 g/mol. The molecular formula is C13H19N5O3. The van der Waals surface area contributed by atoms with Crippen molar-refractivity contribution in [1.29, 1.82) is 0 Å². The maximum atomic E-state index is 11.9. The molecule has 1 rings (SSSR count). The van der Waals surface area contributed by atoms with Gasteiger partial charge < -0.3 is 21.6 Å². The zero-order valence-corrected chi connectivity index (χ0v) is 12.2. The summed E-state index contributed by atoms with van der Waals surface area (Å²) in [5.74, 6) is -0.661. The first-order chi connectivity index (χ1) is 9.81. The monoisotopic (exact) mass is 293 g/mol. The lowest BCUT2D eigenvalue weighted by atomic mass is 9.92. The summed E-state index contributed by atoms with van der Waals surface area (Å²) in [4.78, 5) is 27.5. The molecule has 0 atom stereocenters. The number of amides is 2. The number of rotatable bonds is 5. The number of amidine groups is 1. The molecule has 21 heavy (non-hydrogen) atoms. The van der Waals surface area contributed by atoms with Gasteiger partial charge in [-0.25, -0.2) is 0 Å². The van der Waals surface area contributed by atoms with E-state index in [9.17, 15) is 9.59 Å². The minimum atomic E-state index is -0.724. The van der Waals surface area contributed by atoms with E-state index in [1.807, 2.05) is 0 Å². The van der Waals surface area contributed by atoms with Crippen LogP contribution in [0.25, 0.3) is 0 Å². The Bertz CT molecular complexity index is 551. The summed E-state index contributed by atoms with van der Waals surface area (Å²) in [5.41, 5.74) is 5.26. The number of nitrogens with two attached hydrogens (primary N) is 1. The van der Waals surface area contributed by atoms with Gasteiger partial charge in [0, 0.05) is 25.4 Å². The predicted molar refractivity (Wildman–Crippen MR) is 76.9 cm³/mol. The Hall–Kier alpha value is -2.64. The second-order valence-electron chi connectivity index (χ2n) is 5.06. The number of carbonyl (C=O) groups is 2. The predicted octanol–water partition coefficient (Wildman–Crippen LogP) is -0.322. The normalized spacial score (nSPS) is 11.9. The lowest BCUT2D eigenvalue weighted by Crippen LogP contribution is -2.43. The minimum absolute atomic E-state index is 0.0878. The Balaban J connectivity index is 2.71. The Morgan fingerprint density at radius 2 is 2.10 bits per heavy atom. The van der Waals surface area contributed by atoms with E-state index in [1.54, 1.807) is 20.9 Å². The molecule has 5 N–H and O–H groups in total. The topological polar surface area (TPSA) is 130 Å². The number of oxime groups is 1. The number of pyridine rings is 1. The van der Waals surface area contributed by atoms with E-state index < -0.39 is 11.3 Å². The summed E-state index contributed by atoms with van der Waals surface area (Å²) in [7, 11) is 1.54. The molecule has 0 saturated carbocycles. The molecule has 8 heteroatoms. The van der Waals surface area contributed by atoms with Gasteiger partial charge in [-0.2, -0.15) is 0 Å². The molecule has 1 aromatic rings. The fourth-order valence-electron chi connectivity index (χ4n) is 1.55. The molecule has 0 bridgehead atoms. The van der Waals surface area contributed by atoms with E-state index in [4.69, 9.17) is 10.9 Å². The Labute approximate surface area is 122 Å². The van der Waals surface area contributed by atoms with Crippen molar-refractivity contribution in [1.82, 2.24) is 15.6 Å². The summed E-state index contributed by atoms with van der Waals surface area (Å²) in [6, 6.07) is 2.97. The molecule has 0 aliphatic rings. The fraction of sp³-hybridized carbons (Fsp3) is 0.385. The van der Waals surface area contributed by atoms with Crippen molar-refractivity contribution in [3.63, 3.8) is 0 Å². The smallest absolute Gasteiger partial charge is 0.269 e. The van der Waals surface area contributed by atoms with Gasteiger partial charge in [-0.1, -0.05) is 5.16 Å². The van der Waals surface area contributed by atoms with Crippen LogP contribution in [0.15, 0.2) is 23.5 Å². The molecular weight excluding hydrogens is 274 g/mol. The molecule has 0 spiro atoms. The SMILES string of the molecule is CNC(=O)C(C)(C)CNC(=O)c1ccc(/C(N)=N/O)cn1. The van der Waals surface area contributed by atoms with Crippen LogP contribution in [0.3, 0.4) is 0 Å². The van der Waals surface area contributed by atoms with Crippen LogP contribution in [-0.4, -0.2) is 41.4 Å². The van der Waals surface area contributed by atoms with Gasteiger partial charge in [0.2, 0.25) is 5.91 Å². The summed E-state index contributed by atoms with van der Waals surface area (Å²) < 4.78 is 0. The van der Waals surface area contributed by atoms with E-state index in [2.05, 4.69) is 20.8 Å². The number of aromatic nitrogens is 1. The van der Waals surface area contributed by atoms with Crippen molar-refractivity contribution >= 4 is 17.6 Å². The van der Waals surface area contributed by atoms with Gasteiger partial charge >= 0.3 is 0 Å². The summed E-state index contributed by atoms with van der Waals surface area (Å²) >= 11 is 0. The highest BCUT2D eigenvalue weighted by molar-refractivity contribution is 5.98. The van der Waals surface area contributed by atoms with E-state index in [0.29, 0.717) is 5.56 Å². The number of nitrogens with one attached hydrogen (secondary N) is 2. The molecule has 0 fully saturated rings. The summed E-state index contributed by atoms with van der Waals surface area (Å²) in [6.45, 7) is 3.62. The maximum Gasteiger partial charge on any atom is 0.269 e. The van der Waals surface area contributed by atoms with Gasteiger partial charge in [0.25, 0.3) is 5.91 Å². The van der Waals surface area contributed by atoms with Crippen molar-refractivity contribution in [3.05, 3.63) is 29.6 Å². The van der Waals surface area contributed by atoms with Crippen LogP contribution >= 0.6 is 0 Å². The van der Waals surface area contributed by atoms with Gasteiger partial charge in [-0.15, -0.1) is 0 Å². The molecule has 0 radical (unpaired) electrons. The lowest BCUT2D eigenvalue weighted by Gasteiger charge is -2.22. The van der Waals surface area contributed by atoms with Crippen molar-refractivity contribution in [2.75, 3.05) is 13.6 Å². The quantitative estimate of drug-likeness (QED) is 0.256. The van der Waals surface area contributed by atoms with Crippen molar-refractivity contribution in [3.8, 4) is 0 Å². The lowest BCUT2D eigenvalue weighted by molar-refractivity contribution is -0.128. The summed E-state index contributed by atoms with van der Waals surface area (Å²) in [6.07, 6.45) is 1.33. The van der Waals surface area contributed by atoms with E-state index in [1.165, 1.54) is 18.3 Å². The van der Waals surface area contributed by atoms with Crippen molar-refractivity contribution < 1.29 is 14.8 Å². The Kier molecular flexibility index (Phi) is 5.23. The largest absolute Gasteiger partial charge is 0.409 e. The fourth-order valence-corrected chi connectivity index (χ4v) is 1.55. The first-order valence-electron chi connectivity index (χ1n) is 6.26. The van der Waals surface area contributed by atoms with Crippen molar-refractivity contribution in [2.45, 2.75) is 13.8 Å². The molecule has 8 nitrogen and oxygen atoms in total. The van der Waals surface area contributed by atoms with Crippen LogP contribution in [-0.2, 0) is 4.79 Å². The molecule has 0 saturated heterocycles. The van der Waals surface area contributed by atoms with Gasteiger partial charge in [-0.05, 0) is 26.0 Å². The highest BCUT2D eigenvalue weighted by Crippen LogP contribution is 2.13. The number of nitrogens with zero attached hydrogens (tertiary/aromatic N) is 2. The second-order valence-corrected chi connectivity index (χ2v) is 5.06. The molecule has 0 aliphatic carbocycles. The van der Waals surface area contributed by atoms with Crippen LogP contribution in [0.5, 0.6) is 0 Å². The third kappa shape index (κ3) is 4.16. The van der Waals surface area contributed by atoms with Crippen LogP contribution in [0.2, 0.25) is 0 Å². The molecule has 1 aromatic heterocycles. The van der Waals surface area contributed by atoms with Crippen LogP contribution in [0.1, 0.15) is 29.9 Å². The van der Waals surface area contributed by atoms with E-state index in [-0.39, 0.29) is 24.0 Å². The van der Waals surface area contributed by atoms with Gasteiger partial charge in [-0.3, -0.25) is 14.6 Å². The minimum Gasteiger partial charge on any atom is -0.409 e. The van der Waals surface area contributed by atoms with Crippen LogP contribution in [0, 0.1) is 5.41 Å². The zero-order valence-electron chi connectivity index (χ0n) is 12.2. The molecule has 0 aromatic carbocycles. The van der Waals surface area contributed by atoms with Gasteiger partial charge in [0.05, 0.1) is 5.41 Å². The first kappa shape index (κ1) is 16.4. The van der Waals surface area contributed by atoms with Gasteiger partial charge in [0.15, 0.2) is 5.84 Å². The van der Waals surface area contributed by atoms with Crippen LogP contribution < -0.4 is 16.4 Å². The molecule has 2 amide bonds. The zero-order chi connectivity index (χ0) is 16.0. The molecule has 114 valence electrons. The average Bonchev–Trinajstić information content (AvgIpc) is 2.51. The van der Waals surface area contributed by atoms with Gasteiger partial charge in [0.1, 0.15) is 5.69 Å². The molecule has 0 aliphatic heterocycles. The standard InChI is InChI=1S/C13H19N5O3/c1-13(2,12(20)15-3)7-17-11(19)9-5-4-8(6-16-9)10(14)18-21/h4-6,21H,7H2,1-3H3,(H2,14,18)(H,15,20)(H,17,19). The number of hydrogen-bond acceptors (Lipinski definition) is 5. The third-order valence-corrected chi connectivity index (χ3v) is 2.93. The Morgan fingerprint density at radius 3 is 2.57 bits per heavy atom. The third-order valence-electron chi connectivity index (χ3n) is 2.93. The molecule has 0 unspecified atom stereocenters. The highest BCUT2D eigenvalue weighted by atomic mass is 16.4. The van der Waals surface area contributed by atoms with Crippen molar-refractivity contribution in [2.24, 2.45) is 16.3 Å². The molecule has 1 heterocycles. The maximum absolute atomic E-state index is 11.9. The summed E-state index contributed by atoms with van der Waals surface area (Å²) in [5, 5.41) is 16.6. The van der Waals surface area contributed by atoms with E-state index >= 15 is 0 Å². The van der Waals surface area contributed by atoms with E-state index in [0.717, 1.165) is 0 Å². The highest BCUT2D eigenvalue weighted by Gasteiger charge is 2.27. The number of hydrogen-bond donors (Lipinski definition) is 4. The van der Waals surface area contributed by atoms with Crippen LogP contribution in [0.4, 0.5) is 0 Å². The number of carbonyl (C=O) groups excluding carboxylic acids is 2. The Morgan fingerprint density at radius 1 is 1.43 bits per heavy atom.